The largest absolute Gasteiger partial charge is 0.397 e. The lowest BCUT2D eigenvalue weighted by Crippen LogP contribution is -2.14. The third kappa shape index (κ3) is 3.12. The van der Waals surface area contributed by atoms with Crippen LogP contribution in [0.5, 0.6) is 0 Å². The van der Waals surface area contributed by atoms with E-state index in [9.17, 15) is 9.18 Å². The maximum atomic E-state index is 13.0. The standard InChI is InChI=1S/C14H12BrFN2O/c1-8-2-5-13(12(17)6-8)18-14(19)10-4-3-9(16)7-11(10)15/h2-7H,17H2,1H3,(H,18,19). The van der Waals surface area contributed by atoms with E-state index in [-0.39, 0.29) is 5.91 Å². The van der Waals surface area contributed by atoms with Crippen LogP contribution in [0.2, 0.25) is 0 Å². The lowest BCUT2D eigenvalue weighted by atomic mass is 10.1. The summed E-state index contributed by atoms with van der Waals surface area (Å²) in [6.07, 6.45) is 0. The van der Waals surface area contributed by atoms with E-state index in [0.717, 1.165) is 5.56 Å². The number of nitrogens with one attached hydrogen (secondary N) is 1. The Bertz CT molecular complexity index is 643. The Morgan fingerprint density at radius 1 is 1.26 bits per heavy atom. The summed E-state index contributed by atoms with van der Waals surface area (Å²) in [6.45, 7) is 1.92. The Labute approximate surface area is 118 Å². The van der Waals surface area contributed by atoms with Crippen LogP contribution in [0, 0.1) is 12.7 Å². The van der Waals surface area contributed by atoms with E-state index in [0.29, 0.717) is 21.4 Å². The van der Waals surface area contributed by atoms with Crippen molar-refractivity contribution in [3.8, 4) is 0 Å². The molecular weight excluding hydrogens is 311 g/mol. The summed E-state index contributed by atoms with van der Waals surface area (Å²) in [5.74, 6) is -0.749. The smallest absolute Gasteiger partial charge is 0.256 e. The van der Waals surface area contributed by atoms with Crippen molar-refractivity contribution >= 4 is 33.2 Å². The third-order valence-corrected chi connectivity index (χ3v) is 3.29. The number of anilines is 2. The fourth-order valence-corrected chi connectivity index (χ4v) is 2.19. The molecule has 98 valence electrons. The zero-order valence-corrected chi connectivity index (χ0v) is 11.8. The van der Waals surface area contributed by atoms with Gasteiger partial charge in [-0.15, -0.1) is 0 Å². The molecule has 5 heteroatoms. The van der Waals surface area contributed by atoms with Gasteiger partial charge >= 0.3 is 0 Å². The van der Waals surface area contributed by atoms with Crippen LogP contribution in [-0.4, -0.2) is 5.91 Å². The highest BCUT2D eigenvalue weighted by molar-refractivity contribution is 9.10. The number of halogens is 2. The van der Waals surface area contributed by atoms with Crippen molar-refractivity contribution in [2.45, 2.75) is 6.92 Å². The number of carbonyl (C=O) groups excluding carboxylic acids is 1. The number of aryl methyl sites for hydroxylation is 1. The second kappa shape index (κ2) is 5.40. The molecule has 0 aliphatic heterocycles. The molecule has 0 radical (unpaired) electrons. The molecule has 1 amide bonds. The molecule has 0 bridgehead atoms. The number of hydrogen-bond donors (Lipinski definition) is 2. The molecule has 3 N–H and O–H groups in total. The SMILES string of the molecule is Cc1ccc(NC(=O)c2ccc(F)cc2Br)c(N)c1. The molecule has 0 fully saturated rings. The van der Waals surface area contributed by atoms with E-state index < -0.39 is 5.82 Å². The Morgan fingerprint density at radius 3 is 2.63 bits per heavy atom. The summed E-state index contributed by atoms with van der Waals surface area (Å²) >= 11 is 3.16. The van der Waals surface area contributed by atoms with Gasteiger partial charge < -0.3 is 11.1 Å². The summed E-state index contributed by atoms with van der Waals surface area (Å²) in [7, 11) is 0. The average molecular weight is 323 g/mol. The fraction of sp³-hybridized carbons (Fsp3) is 0.0714. The highest BCUT2D eigenvalue weighted by atomic mass is 79.9. The van der Waals surface area contributed by atoms with Gasteiger partial charge in [0.1, 0.15) is 5.82 Å². The second-order valence-corrected chi connectivity index (χ2v) is 5.02. The number of rotatable bonds is 2. The molecule has 0 saturated carbocycles. The van der Waals surface area contributed by atoms with Gasteiger partial charge in [-0.1, -0.05) is 6.07 Å². The zero-order chi connectivity index (χ0) is 14.0. The Morgan fingerprint density at radius 2 is 2.00 bits per heavy atom. The molecule has 0 heterocycles. The molecule has 0 aromatic heterocycles. The van der Waals surface area contributed by atoms with Crippen molar-refractivity contribution in [3.05, 3.63) is 57.8 Å². The first-order chi connectivity index (χ1) is 8.97. The van der Waals surface area contributed by atoms with Crippen LogP contribution in [0.3, 0.4) is 0 Å². The number of benzene rings is 2. The normalized spacial score (nSPS) is 10.3. The van der Waals surface area contributed by atoms with Crippen molar-refractivity contribution in [3.63, 3.8) is 0 Å². The molecule has 0 atom stereocenters. The summed E-state index contributed by atoms with van der Waals surface area (Å²) in [6, 6.07) is 9.26. The minimum Gasteiger partial charge on any atom is -0.397 e. The average Bonchev–Trinajstić information content (AvgIpc) is 2.32. The molecule has 0 unspecified atom stereocenters. The van der Waals surface area contributed by atoms with E-state index >= 15 is 0 Å². The molecule has 0 spiro atoms. The van der Waals surface area contributed by atoms with Gasteiger partial charge in [0.05, 0.1) is 16.9 Å². The van der Waals surface area contributed by atoms with Gasteiger partial charge in [0.25, 0.3) is 5.91 Å². The van der Waals surface area contributed by atoms with Crippen molar-refractivity contribution in [1.29, 1.82) is 0 Å². The quantitative estimate of drug-likeness (QED) is 0.828. The van der Waals surface area contributed by atoms with Gasteiger partial charge in [-0.05, 0) is 58.7 Å². The lowest BCUT2D eigenvalue weighted by Gasteiger charge is -2.10. The highest BCUT2D eigenvalue weighted by Crippen LogP contribution is 2.23. The molecule has 0 aliphatic rings. The van der Waals surface area contributed by atoms with Crippen LogP contribution in [0.25, 0.3) is 0 Å². The first-order valence-corrected chi connectivity index (χ1v) is 6.39. The number of carbonyl (C=O) groups is 1. The van der Waals surface area contributed by atoms with E-state index in [1.807, 2.05) is 13.0 Å². The molecule has 2 aromatic rings. The first-order valence-electron chi connectivity index (χ1n) is 5.60. The van der Waals surface area contributed by atoms with Crippen molar-refractivity contribution in [2.24, 2.45) is 0 Å². The number of amides is 1. The minimum atomic E-state index is -0.404. The van der Waals surface area contributed by atoms with Gasteiger partial charge in [-0.3, -0.25) is 4.79 Å². The van der Waals surface area contributed by atoms with Crippen LogP contribution in [0.1, 0.15) is 15.9 Å². The predicted octanol–water partition coefficient (Wildman–Crippen LogP) is 3.73. The molecule has 19 heavy (non-hydrogen) atoms. The zero-order valence-electron chi connectivity index (χ0n) is 10.2. The Kier molecular flexibility index (Phi) is 3.85. The first kappa shape index (κ1) is 13.5. The van der Waals surface area contributed by atoms with Gasteiger partial charge in [-0.25, -0.2) is 4.39 Å². The molecule has 2 aromatic carbocycles. The van der Waals surface area contributed by atoms with E-state index in [4.69, 9.17) is 5.73 Å². The maximum Gasteiger partial charge on any atom is 0.256 e. The lowest BCUT2D eigenvalue weighted by molar-refractivity contribution is 0.102. The van der Waals surface area contributed by atoms with Crippen LogP contribution >= 0.6 is 15.9 Å². The van der Waals surface area contributed by atoms with Gasteiger partial charge in [0, 0.05) is 4.47 Å². The summed E-state index contributed by atoms with van der Waals surface area (Å²) in [4.78, 5) is 12.1. The summed E-state index contributed by atoms with van der Waals surface area (Å²) < 4.78 is 13.4. The van der Waals surface area contributed by atoms with Gasteiger partial charge in [0.15, 0.2) is 0 Å². The van der Waals surface area contributed by atoms with Crippen molar-refractivity contribution < 1.29 is 9.18 Å². The molecular formula is C14H12BrFN2O. The van der Waals surface area contributed by atoms with E-state index in [2.05, 4.69) is 21.2 Å². The maximum absolute atomic E-state index is 13.0. The number of nitrogen functional groups attached to an aromatic ring is 1. The van der Waals surface area contributed by atoms with Crippen molar-refractivity contribution in [2.75, 3.05) is 11.1 Å². The molecule has 0 aliphatic carbocycles. The fourth-order valence-electron chi connectivity index (χ4n) is 1.66. The molecule has 2 rings (SSSR count). The summed E-state index contributed by atoms with van der Waals surface area (Å²) in [5.41, 5.74) is 8.21. The number of hydrogen-bond acceptors (Lipinski definition) is 2. The Hall–Kier alpha value is -1.88. The summed E-state index contributed by atoms with van der Waals surface area (Å²) in [5, 5.41) is 2.70. The van der Waals surface area contributed by atoms with Gasteiger partial charge in [-0.2, -0.15) is 0 Å². The Balaban J connectivity index is 2.25. The second-order valence-electron chi connectivity index (χ2n) is 4.17. The third-order valence-electron chi connectivity index (χ3n) is 2.63. The monoisotopic (exact) mass is 322 g/mol. The number of nitrogens with two attached hydrogens (primary N) is 1. The minimum absolute atomic E-state index is 0.345. The van der Waals surface area contributed by atoms with Crippen LogP contribution in [0.4, 0.5) is 15.8 Å². The van der Waals surface area contributed by atoms with E-state index in [1.54, 1.807) is 12.1 Å². The predicted molar refractivity (Wildman–Crippen MR) is 77.6 cm³/mol. The topological polar surface area (TPSA) is 55.1 Å². The van der Waals surface area contributed by atoms with Crippen molar-refractivity contribution in [1.82, 2.24) is 0 Å². The van der Waals surface area contributed by atoms with Crippen LogP contribution < -0.4 is 11.1 Å². The van der Waals surface area contributed by atoms with Crippen LogP contribution in [0.15, 0.2) is 40.9 Å². The molecule has 0 saturated heterocycles. The molecule has 3 nitrogen and oxygen atoms in total. The highest BCUT2D eigenvalue weighted by Gasteiger charge is 2.12. The van der Waals surface area contributed by atoms with E-state index in [1.165, 1.54) is 18.2 Å². The van der Waals surface area contributed by atoms with Gasteiger partial charge in [0.2, 0.25) is 0 Å². The van der Waals surface area contributed by atoms with Crippen LogP contribution in [-0.2, 0) is 0 Å².